The van der Waals surface area contributed by atoms with Gasteiger partial charge in [-0.25, -0.2) is 15.4 Å². The topological polar surface area (TPSA) is 102 Å². The maximum Gasteiger partial charge on any atom is 0.162 e. The number of ether oxygens (including phenoxy) is 1. The van der Waals surface area contributed by atoms with Crippen LogP contribution in [0.15, 0.2) is 36.8 Å². The molecule has 10 heteroatoms. The van der Waals surface area contributed by atoms with Crippen LogP contribution in [0.4, 0.5) is 5.82 Å². The van der Waals surface area contributed by atoms with Gasteiger partial charge in [-0.2, -0.15) is 0 Å². The monoisotopic (exact) mass is 452 g/mol. The molecule has 0 aliphatic carbocycles. The minimum Gasteiger partial charge on any atom is -0.388 e. The van der Waals surface area contributed by atoms with Crippen molar-refractivity contribution in [3.05, 3.63) is 52.4 Å². The number of rotatable bonds is 6. The van der Waals surface area contributed by atoms with E-state index in [1.807, 2.05) is 19.9 Å². The van der Waals surface area contributed by atoms with Gasteiger partial charge in [0.2, 0.25) is 0 Å². The number of anilines is 1. The zero-order valence-electron chi connectivity index (χ0n) is 16.4. The Labute approximate surface area is 183 Å². The van der Waals surface area contributed by atoms with Gasteiger partial charge in [-0.05, 0) is 30.7 Å². The molecule has 3 N–H and O–H groups in total. The normalized spacial score (nSPS) is 25.0. The molecule has 3 heterocycles. The highest BCUT2D eigenvalue weighted by molar-refractivity contribution is 6.42. The number of halogens is 2. The molecule has 0 amide bonds. The number of hydrogen-bond acceptors (Lipinski definition) is 7. The van der Waals surface area contributed by atoms with E-state index in [9.17, 15) is 10.2 Å². The second-order valence-corrected chi connectivity index (χ2v) is 7.99. The van der Waals surface area contributed by atoms with Gasteiger partial charge in [0.15, 0.2) is 12.0 Å². The SMILES string of the molecule is CCONc1ncnc2c1ccn2[C@@H]1O[C@H]([C@H](O)c2ccc(Cl)c(Cl)c2)[C@@H](C)[C@H]1O. The number of aliphatic hydroxyl groups is 2. The van der Waals surface area contributed by atoms with Crippen LogP contribution < -0.4 is 5.48 Å². The number of benzene rings is 1. The lowest BCUT2D eigenvalue weighted by Crippen LogP contribution is -2.27. The highest BCUT2D eigenvalue weighted by Crippen LogP contribution is 2.41. The molecule has 0 radical (unpaired) electrons. The smallest absolute Gasteiger partial charge is 0.162 e. The van der Waals surface area contributed by atoms with Crippen LogP contribution in [0.25, 0.3) is 11.0 Å². The summed E-state index contributed by atoms with van der Waals surface area (Å²) in [6, 6.07) is 6.74. The van der Waals surface area contributed by atoms with Gasteiger partial charge < -0.3 is 19.5 Å². The first kappa shape index (κ1) is 21.3. The van der Waals surface area contributed by atoms with Crippen LogP contribution in [0, 0.1) is 5.92 Å². The maximum atomic E-state index is 10.9. The minimum atomic E-state index is -0.985. The van der Waals surface area contributed by atoms with Crippen LogP contribution in [0.3, 0.4) is 0 Å². The van der Waals surface area contributed by atoms with Crippen molar-refractivity contribution in [3.8, 4) is 0 Å². The van der Waals surface area contributed by atoms with Crippen molar-refractivity contribution in [3.63, 3.8) is 0 Å². The molecular formula is C20H22Cl2N4O4. The lowest BCUT2D eigenvalue weighted by molar-refractivity contribution is -0.0775. The summed E-state index contributed by atoms with van der Waals surface area (Å²) < 4.78 is 7.85. The van der Waals surface area contributed by atoms with E-state index in [0.717, 1.165) is 5.39 Å². The van der Waals surface area contributed by atoms with Crippen LogP contribution in [0.5, 0.6) is 0 Å². The Kier molecular flexibility index (Phi) is 6.15. The third kappa shape index (κ3) is 3.75. The van der Waals surface area contributed by atoms with Gasteiger partial charge in [0, 0.05) is 12.1 Å². The summed E-state index contributed by atoms with van der Waals surface area (Å²) in [5.41, 5.74) is 3.93. The predicted molar refractivity (Wildman–Crippen MR) is 113 cm³/mol. The highest BCUT2D eigenvalue weighted by atomic mass is 35.5. The van der Waals surface area contributed by atoms with E-state index < -0.39 is 24.5 Å². The fraction of sp³-hybridized carbons (Fsp3) is 0.400. The molecule has 0 bridgehead atoms. The molecule has 1 fully saturated rings. The Balaban J connectivity index is 1.62. The quantitative estimate of drug-likeness (QED) is 0.489. The molecule has 0 spiro atoms. The summed E-state index contributed by atoms with van der Waals surface area (Å²) in [5.74, 6) is 0.174. The van der Waals surface area contributed by atoms with Crippen molar-refractivity contribution < 1.29 is 19.8 Å². The number of nitrogens with zero attached hydrogens (tertiary/aromatic N) is 3. The number of aromatic nitrogens is 3. The van der Waals surface area contributed by atoms with Crippen LogP contribution >= 0.6 is 23.2 Å². The Morgan fingerprint density at radius 2 is 2.07 bits per heavy atom. The van der Waals surface area contributed by atoms with Gasteiger partial charge in [0.1, 0.15) is 24.2 Å². The Bertz CT molecular complexity index is 1050. The fourth-order valence-electron chi connectivity index (χ4n) is 3.70. The lowest BCUT2D eigenvalue weighted by Gasteiger charge is -2.22. The Morgan fingerprint density at radius 3 is 2.80 bits per heavy atom. The molecule has 8 nitrogen and oxygen atoms in total. The van der Waals surface area contributed by atoms with Gasteiger partial charge in [-0.3, -0.25) is 4.84 Å². The first-order valence-corrected chi connectivity index (χ1v) is 10.3. The van der Waals surface area contributed by atoms with E-state index in [1.54, 1.807) is 29.0 Å². The van der Waals surface area contributed by atoms with Crippen LogP contribution in [-0.2, 0) is 9.57 Å². The first-order chi connectivity index (χ1) is 14.4. The van der Waals surface area contributed by atoms with E-state index >= 15 is 0 Å². The molecule has 2 aromatic heterocycles. The number of hydrogen-bond donors (Lipinski definition) is 3. The lowest BCUT2D eigenvalue weighted by atomic mass is 9.93. The van der Waals surface area contributed by atoms with Crippen molar-refractivity contribution >= 4 is 40.1 Å². The summed E-state index contributed by atoms with van der Waals surface area (Å²) in [6.45, 7) is 4.17. The molecule has 160 valence electrons. The molecule has 1 aromatic carbocycles. The molecule has 3 aromatic rings. The minimum absolute atomic E-state index is 0.346. The van der Waals surface area contributed by atoms with Gasteiger partial charge in [0.25, 0.3) is 0 Å². The van der Waals surface area contributed by atoms with E-state index in [0.29, 0.717) is 33.7 Å². The van der Waals surface area contributed by atoms with Crippen LogP contribution in [0.2, 0.25) is 10.0 Å². The second kappa shape index (κ2) is 8.66. The molecule has 30 heavy (non-hydrogen) atoms. The molecular weight excluding hydrogens is 431 g/mol. The second-order valence-electron chi connectivity index (χ2n) is 7.18. The van der Waals surface area contributed by atoms with E-state index in [-0.39, 0.29) is 5.92 Å². The number of aliphatic hydroxyl groups excluding tert-OH is 2. The molecule has 1 aliphatic heterocycles. The van der Waals surface area contributed by atoms with Crippen molar-refractivity contribution in [1.29, 1.82) is 0 Å². The fourth-order valence-corrected chi connectivity index (χ4v) is 4.00. The molecule has 1 aliphatic rings. The van der Waals surface area contributed by atoms with Crippen LogP contribution in [-0.4, -0.2) is 43.6 Å². The molecule has 0 unspecified atom stereocenters. The van der Waals surface area contributed by atoms with E-state index in [2.05, 4.69) is 15.4 Å². The van der Waals surface area contributed by atoms with E-state index in [4.69, 9.17) is 32.8 Å². The molecule has 4 rings (SSSR count). The molecule has 1 saturated heterocycles. The van der Waals surface area contributed by atoms with Gasteiger partial charge >= 0.3 is 0 Å². The van der Waals surface area contributed by atoms with Crippen molar-refractivity contribution in [2.24, 2.45) is 5.92 Å². The van der Waals surface area contributed by atoms with Crippen molar-refractivity contribution in [2.75, 3.05) is 12.1 Å². The maximum absolute atomic E-state index is 10.9. The van der Waals surface area contributed by atoms with Crippen molar-refractivity contribution in [2.45, 2.75) is 38.4 Å². The summed E-state index contributed by atoms with van der Waals surface area (Å²) in [4.78, 5) is 13.8. The van der Waals surface area contributed by atoms with Crippen molar-refractivity contribution in [1.82, 2.24) is 14.5 Å². The largest absolute Gasteiger partial charge is 0.388 e. The van der Waals surface area contributed by atoms with E-state index in [1.165, 1.54) is 6.33 Å². The highest BCUT2D eigenvalue weighted by Gasteiger charge is 2.45. The Morgan fingerprint density at radius 1 is 1.27 bits per heavy atom. The Hall–Kier alpha value is -1.94. The zero-order valence-corrected chi connectivity index (χ0v) is 17.9. The average molecular weight is 453 g/mol. The zero-order chi connectivity index (χ0) is 21.4. The third-order valence-corrected chi connectivity index (χ3v) is 6.08. The summed E-state index contributed by atoms with van der Waals surface area (Å²) in [7, 11) is 0. The van der Waals surface area contributed by atoms with Gasteiger partial charge in [0.05, 0.1) is 28.1 Å². The van der Waals surface area contributed by atoms with Crippen LogP contribution in [0.1, 0.15) is 31.7 Å². The third-order valence-electron chi connectivity index (χ3n) is 5.34. The van der Waals surface area contributed by atoms with Gasteiger partial charge in [-0.1, -0.05) is 36.2 Å². The summed E-state index contributed by atoms with van der Waals surface area (Å²) in [6.07, 6.45) is -0.0440. The predicted octanol–water partition coefficient (Wildman–Crippen LogP) is 3.73. The first-order valence-electron chi connectivity index (χ1n) is 9.58. The number of fused-ring (bicyclic) bond motifs is 1. The molecule has 0 saturated carbocycles. The summed E-state index contributed by atoms with van der Waals surface area (Å²) >= 11 is 12.1. The average Bonchev–Trinajstić information content (AvgIpc) is 3.30. The van der Waals surface area contributed by atoms with Gasteiger partial charge in [-0.15, -0.1) is 0 Å². The number of nitrogens with one attached hydrogen (secondary N) is 1. The summed E-state index contributed by atoms with van der Waals surface area (Å²) in [5, 5.41) is 23.2. The standard InChI is InChI=1S/C20H22Cl2N4O4/c1-3-29-25-18-12-6-7-26(19(12)24-9-23-18)20-15(27)10(2)17(30-20)16(28)11-4-5-13(21)14(22)8-11/h4-10,15-17,20,27-28H,3H2,1-2H3,(H,23,24,25)/t10-,15+,16+,17-,20+/m0/s1. The molecule has 5 atom stereocenters.